The van der Waals surface area contributed by atoms with Crippen LogP contribution in [-0.4, -0.2) is 40.7 Å². The number of hydrogen-bond donors (Lipinski definition) is 1. The van der Waals surface area contributed by atoms with Crippen LogP contribution >= 0.6 is 0 Å². The minimum absolute atomic E-state index is 0.300. The zero-order valence-corrected chi connectivity index (χ0v) is 14.8. The molecule has 0 bridgehead atoms. The highest BCUT2D eigenvalue weighted by atomic mass is 16.5. The number of carbonyl (C=O) groups excluding carboxylic acids is 3. The molecule has 0 saturated heterocycles. The van der Waals surface area contributed by atoms with E-state index in [9.17, 15) is 14.4 Å². The fourth-order valence-electron chi connectivity index (χ4n) is 3.17. The van der Waals surface area contributed by atoms with Gasteiger partial charge in [0.25, 0.3) is 0 Å². The molecule has 0 spiro atoms. The Labute approximate surface area is 146 Å². The normalized spacial score (nSPS) is 23.2. The van der Waals surface area contributed by atoms with Crippen molar-refractivity contribution in [1.82, 2.24) is 5.01 Å². The molecule has 25 heavy (non-hydrogen) atoms. The minimum Gasteiger partial charge on any atom is -0.462 e. The fraction of sp³-hybridized carbons (Fsp3) is 0.444. The average molecular weight is 345 g/mol. The van der Waals surface area contributed by atoms with Crippen molar-refractivity contribution >= 4 is 23.5 Å². The lowest BCUT2D eigenvalue weighted by molar-refractivity contribution is -0.151. The number of carbonyl (C=O) groups is 3. The van der Waals surface area contributed by atoms with Crippen molar-refractivity contribution < 1.29 is 19.1 Å². The van der Waals surface area contributed by atoms with Crippen molar-refractivity contribution in [2.24, 2.45) is 16.8 Å². The van der Waals surface area contributed by atoms with E-state index in [1.54, 1.807) is 20.8 Å². The van der Waals surface area contributed by atoms with Crippen molar-refractivity contribution in [2.45, 2.75) is 45.8 Å². The molecule has 2 N–H and O–H groups in total. The van der Waals surface area contributed by atoms with E-state index in [4.69, 9.17) is 10.5 Å². The summed E-state index contributed by atoms with van der Waals surface area (Å²) in [5.41, 5.74) is 6.54. The van der Waals surface area contributed by atoms with Gasteiger partial charge in [-0.15, -0.1) is 0 Å². The van der Waals surface area contributed by atoms with Crippen LogP contribution in [0.2, 0.25) is 0 Å². The number of rotatable bonds is 4. The van der Waals surface area contributed by atoms with Gasteiger partial charge in [-0.25, -0.2) is 9.80 Å². The Kier molecular flexibility index (Phi) is 5.56. The van der Waals surface area contributed by atoms with Gasteiger partial charge in [-0.05, 0) is 33.3 Å². The van der Waals surface area contributed by atoms with Crippen LogP contribution in [0.25, 0.3) is 0 Å². The third-order valence-corrected chi connectivity index (χ3v) is 4.11. The van der Waals surface area contributed by atoms with Crippen molar-refractivity contribution in [3.8, 4) is 0 Å². The Morgan fingerprint density at radius 1 is 1.20 bits per heavy atom. The Hall–Kier alpha value is -2.70. The lowest BCUT2D eigenvalue weighted by atomic mass is 9.75. The molecule has 134 valence electrons. The molecule has 0 aliphatic carbocycles. The zero-order valence-electron chi connectivity index (χ0n) is 14.8. The first-order valence-corrected chi connectivity index (χ1v) is 8.13. The number of nitrogens with two attached hydrogens (primary N) is 1. The van der Waals surface area contributed by atoms with Gasteiger partial charge in [0, 0.05) is 5.92 Å². The van der Waals surface area contributed by atoms with Gasteiger partial charge >= 0.3 is 12.0 Å². The van der Waals surface area contributed by atoms with Crippen LogP contribution < -0.4 is 5.73 Å². The highest BCUT2D eigenvalue weighted by Crippen LogP contribution is 2.37. The van der Waals surface area contributed by atoms with Gasteiger partial charge in [0.2, 0.25) is 0 Å². The topological polar surface area (TPSA) is 102 Å². The molecular weight excluding hydrogens is 322 g/mol. The molecule has 0 aromatic heterocycles. The van der Waals surface area contributed by atoms with Crippen LogP contribution in [-0.2, 0) is 14.3 Å². The molecule has 2 amide bonds. The first-order valence-electron chi connectivity index (χ1n) is 8.13. The molecule has 0 radical (unpaired) electrons. The molecule has 0 fully saturated rings. The number of ether oxygens (including phenoxy) is 1. The second kappa shape index (κ2) is 7.46. The maximum atomic E-state index is 12.7. The first-order chi connectivity index (χ1) is 11.7. The van der Waals surface area contributed by atoms with Crippen molar-refractivity contribution in [3.63, 3.8) is 0 Å². The van der Waals surface area contributed by atoms with Gasteiger partial charge in [0.05, 0.1) is 11.8 Å². The van der Waals surface area contributed by atoms with E-state index in [0.29, 0.717) is 5.71 Å². The molecular formula is C18H23N3O4. The number of benzene rings is 1. The van der Waals surface area contributed by atoms with E-state index in [0.717, 1.165) is 10.6 Å². The summed E-state index contributed by atoms with van der Waals surface area (Å²) in [6.07, 6.45) is -0.304. The number of urea groups is 1. The Bertz CT molecular complexity index is 700. The summed E-state index contributed by atoms with van der Waals surface area (Å²) >= 11 is 0. The largest absolute Gasteiger partial charge is 0.462 e. The highest BCUT2D eigenvalue weighted by Gasteiger charge is 2.48. The molecule has 1 aliphatic heterocycles. The Morgan fingerprint density at radius 3 is 2.28 bits per heavy atom. The number of primary amides is 1. The summed E-state index contributed by atoms with van der Waals surface area (Å²) in [5, 5.41) is 5.09. The summed E-state index contributed by atoms with van der Waals surface area (Å²) in [6, 6.07) is 7.29. The quantitative estimate of drug-likeness (QED) is 0.844. The van der Waals surface area contributed by atoms with Crippen LogP contribution in [0.4, 0.5) is 4.79 Å². The molecule has 3 unspecified atom stereocenters. The van der Waals surface area contributed by atoms with Gasteiger partial charge in [0.1, 0.15) is 12.0 Å². The molecule has 1 aliphatic rings. The van der Waals surface area contributed by atoms with E-state index >= 15 is 0 Å². The van der Waals surface area contributed by atoms with E-state index in [1.807, 2.05) is 30.3 Å². The summed E-state index contributed by atoms with van der Waals surface area (Å²) in [5.74, 6) is -2.16. The van der Waals surface area contributed by atoms with Crippen LogP contribution in [0.1, 0.15) is 39.2 Å². The number of hydrogen-bond acceptors (Lipinski definition) is 5. The Morgan fingerprint density at radius 2 is 1.80 bits per heavy atom. The van der Waals surface area contributed by atoms with E-state index in [1.165, 1.54) is 6.92 Å². The lowest BCUT2D eigenvalue weighted by Gasteiger charge is -2.40. The highest BCUT2D eigenvalue weighted by molar-refractivity contribution is 6.05. The molecule has 1 heterocycles. The molecule has 7 heteroatoms. The first kappa shape index (κ1) is 18.6. The number of nitrogens with zero attached hydrogens (tertiary/aromatic N) is 2. The SMILES string of the molecule is CC(=O)C1C(c2ccccc2)C(C(=O)OC(C)C)C(C)=NN1C(N)=O. The minimum atomic E-state index is -0.965. The van der Waals surface area contributed by atoms with E-state index in [-0.39, 0.29) is 11.9 Å². The van der Waals surface area contributed by atoms with Crippen LogP contribution in [0.5, 0.6) is 0 Å². The van der Waals surface area contributed by atoms with Gasteiger partial charge in [-0.1, -0.05) is 30.3 Å². The van der Waals surface area contributed by atoms with E-state index in [2.05, 4.69) is 5.10 Å². The van der Waals surface area contributed by atoms with Crippen LogP contribution in [0.15, 0.2) is 35.4 Å². The summed E-state index contributed by atoms with van der Waals surface area (Å²) in [4.78, 5) is 36.8. The lowest BCUT2D eigenvalue weighted by Crippen LogP contribution is -2.55. The molecule has 1 aromatic rings. The average Bonchev–Trinajstić information content (AvgIpc) is 2.53. The van der Waals surface area contributed by atoms with Crippen molar-refractivity contribution in [2.75, 3.05) is 0 Å². The standard InChI is InChI=1S/C18H23N3O4/c1-10(2)25-17(23)14-11(3)20-21(18(19)24)16(12(4)22)15(14)13-8-6-5-7-9-13/h5-10,14-16H,1-4H3,(H2,19,24). The van der Waals surface area contributed by atoms with Crippen molar-refractivity contribution in [3.05, 3.63) is 35.9 Å². The zero-order chi connectivity index (χ0) is 18.7. The predicted molar refractivity (Wildman–Crippen MR) is 92.9 cm³/mol. The molecule has 0 saturated carbocycles. The van der Waals surface area contributed by atoms with Crippen LogP contribution in [0, 0.1) is 5.92 Å². The third kappa shape index (κ3) is 3.87. The van der Waals surface area contributed by atoms with Gasteiger partial charge < -0.3 is 10.5 Å². The predicted octanol–water partition coefficient (Wildman–Crippen LogP) is 2.07. The summed E-state index contributed by atoms with van der Waals surface area (Å²) < 4.78 is 5.37. The number of amides is 2. The fourth-order valence-corrected chi connectivity index (χ4v) is 3.17. The summed E-state index contributed by atoms with van der Waals surface area (Å²) in [7, 11) is 0. The second-order valence-electron chi connectivity index (χ2n) is 6.38. The van der Waals surface area contributed by atoms with Crippen molar-refractivity contribution in [1.29, 1.82) is 0 Å². The number of ketones is 1. The smallest absolute Gasteiger partial charge is 0.335 e. The van der Waals surface area contributed by atoms with Crippen LogP contribution in [0.3, 0.4) is 0 Å². The van der Waals surface area contributed by atoms with Gasteiger partial charge in [-0.3, -0.25) is 9.59 Å². The monoisotopic (exact) mass is 345 g/mol. The Balaban J connectivity index is 2.61. The number of hydrazone groups is 1. The maximum Gasteiger partial charge on any atom is 0.335 e. The number of Topliss-reactive ketones (excluding diaryl/α,β-unsaturated/α-hetero) is 1. The molecule has 7 nitrogen and oxygen atoms in total. The molecule has 1 aromatic carbocycles. The second-order valence-corrected chi connectivity index (χ2v) is 6.38. The molecule has 2 rings (SSSR count). The van der Waals surface area contributed by atoms with E-state index < -0.39 is 29.9 Å². The van der Waals surface area contributed by atoms with Gasteiger partial charge in [-0.2, -0.15) is 5.10 Å². The number of esters is 1. The van der Waals surface area contributed by atoms with Gasteiger partial charge in [0.15, 0.2) is 5.78 Å². The molecule has 3 atom stereocenters. The maximum absolute atomic E-state index is 12.7. The third-order valence-electron chi connectivity index (χ3n) is 4.11. The summed E-state index contributed by atoms with van der Waals surface area (Å²) in [6.45, 7) is 6.50.